The summed E-state index contributed by atoms with van der Waals surface area (Å²) in [4.78, 5) is 12.2. The van der Waals surface area contributed by atoms with Gasteiger partial charge in [-0.3, -0.25) is 4.79 Å². The monoisotopic (exact) mass is 331 g/mol. The van der Waals surface area contributed by atoms with E-state index in [2.05, 4.69) is 5.32 Å². The molecule has 0 aliphatic rings. The molecule has 0 saturated heterocycles. The van der Waals surface area contributed by atoms with Gasteiger partial charge in [-0.1, -0.05) is 31.2 Å². The maximum atomic E-state index is 13.6. The van der Waals surface area contributed by atoms with E-state index in [4.69, 9.17) is 9.47 Å². The molecule has 4 nitrogen and oxygen atoms in total. The zero-order valence-electron chi connectivity index (χ0n) is 13.9. The van der Waals surface area contributed by atoms with Gasteiger partial charge >= 0.3 is 0 Å². The van der Waals surface area contributed by atoms with E-state index in [1.165, 1.54) is 12.1 Å². The van der Waals surface area contributed by atoms with E-state index in [0.29, 0.717) is 19.6 Å². The fraction of sp³-hybridized carbons (Fsp3) is 0.316. The molecule has 0 saturated carbocycles. The average molecular weight is 331 g/mol. The van der Waals surface area contributed by atoms with Crippen LogP contribution in [0.15, 0.2) is 48.5 Å². The number of hydrogen-bond acceptors (Lipinski definition) is 3. The third-order valence-corrected chi connectivity index (χ3v) is 3.47. The average Bonchev–Trinajstić information content (AvgIpc) is 2.60. The zero-order valence-corrected chi connectivity index (χ0v) is 13.9. The predicted octanol–water partition coefficient (Wildman–Crippen LogP) is 3.70. The molecule has 0 aliphatic heterocycles. The molecule has 0 bridgehead atoms. The molecule has 0 aliphatic carbocycles. The highest BCUT2D eigenvalue weighted by atomic mass is 19.1. The van der Waals surface area contributed by atoms with E-state index in [9.17, 15) is 9.18 Å². The van der Waals surface area contributed by atoms with Gasteiger partial charge in [0.15, 0.2) is 17.7 Å². The van der Waals surface area contributed by atoms with Crippen molar-refractivity contribution in [1.82, 2.24) is 5.32 Å². The Balaban J connectivity index is 1.91. The first-order valence-corrected chi connectivity index (χ1v) is 8.04. The van der Waals surface area contributed by atoms with Crippen LogP contribution in [0, 0.1) is 5.82 Å². The smallest absolute Gasteiger partial charge is 0.261 e. The number of nitrogens with one attached hydrogen (secondary N) is 1. The van der Waals surface area contributed by atoms with Crippen LogP contribution < -0.4 is 14.8 Å². The van der Waals surface area contributed by atoms with Crippen molar-refractivity contribution in [2.75, 3.05) is 6.61 Å². The molecule has 0 fully saturated rings. The van der Waals surface area contributed by atoms with Gasteiger partial charge < -0.3 is 14.8 Å². The Morgan fingerprint density at radius 3 is 2.46 bits per heavy atom. The molecule has 128 valence electrons. The minimum atomic E-state index is -0.732. The summed E-state index contributed by atoms with van der Waals surface area (Å²) in [6.45, 7) is 4.74. The minimum Gasteiger partial charge on any atom is -0.494 e. The first kappa shape index (κ1) is 17.8. The number of halogens is 1. The number of carbonyl (C=O) groups excluding carboxylic acids is 1. The predicted molar refractivity (Wildman–Crippen MR) is 90.6 cm³/mol. The molecule has 2 aromatic carbocycles. The summed E-state index contributed by atoms with van der Waals surface area (Å²) in [5, 5.41) is 2.81. The molecule has 1 unspecified atom stereocenters. The first-order chi connectivity index (χ1) is 11.6. The van der Waals surface area contributed by atoms with E-state index < -0.39 is 11.9 Å². The molecule has 0 radical (unpaired) electrons. The summed E-state index contributed by atoms with van der Waals surface area (Å²) in [5.41, 5.74) is 0.951. The number of ether oxygens (including phenoxy) is 2. The second-order valence-corrected chi connectivity index (χ2v) is 5.24. The molecular formula is C19H22FNO3. The van der Waals surface area contributed by atoms with Crippen molar-refractivity contribution in [2.45, 2.75) is 32.9 Å². The molecular weight excluding hydrogens is 309 g/mol. The van der Waals surface area contributed by atoms with Crippen LogP contribution in [0.1, 0.15) is 25.8 Å². The van der Waals surface area contributed by atoms with E-state index in [1.807, 2.05) is 38.1 Å². The normalized spacial score (nSPS) is 11.6. The third-order valence-electron chi connectivity index (χ3n) is 3.47. The lowest BCUT2D eigenvalue weighted by atomic mass is 10.2. The summed E-state index contributed by atoms with van der Waals surface area (Å²) < 4.78 is 24.5. The molecule has 0 heterocycles. The molecule has 0 spiro atoms. The Morgan fingerprint density at radius 2 is 1.83 bits per heavy atom. The van der Waals surface area contributed by atoms with Crippen LogP contribution in [-0.4, -0.2) is 18.6 Å². The maximum absolute atomic E-state index is 13.6. The summed E-state index contributed by atoms with van der Waals surface area (Å²) in [5.74, 6) is 0.132. The molecule has 0 aromatic heterocycles. The van der Waals surface area contributed by atoms with Crippen molar-refractivity contribution >= 4 is 5.91 Å². The summed E-state index contributed by atoms with van der Waals surface area (Å²) >= 11 is 0. The van der Waals surface area contributed by atoms with Crippen LogP contribution in [0.5, 0.6) is 11.5 Å². The Hall–Kier alpha value is -2.56. The van der Waals surface area contributed by atoms with Gasteiger partial charge in [-0.15, -0.1) is 0 Å². The van der Waals surface area contributed by atoms with Gasteiger partial charge in [0.2, 0.25) is 0 Å². The fourth-order valence-electron chi connectivity index (χ4n) is 2.19. The Kier molecular flexibility index (Phi) is 6.61. The highest BCUT2D eigenvalue weighted by molar-refractivity contribution is 5.81. The van der Waals surface area contributed by atoms with E-state index in [-0.39, 0.29) is 11.7 Å². The van der Waals surface area contributed by atoms with Crippen molar-refractivity contribution in [3.05, 3.63) is 59.9 Å². The summed E-state index contributed by atoms with van der Waals surface area (Å²) in [6.07, 6.45) is -0.284. The largest absolute Gasteiger partial charge is 0.494 e. The van der Waals surface area contributed by atoms with Crippen LogP contribution in [-0.2, 0) is 11.3 Å². The van der Waals surface area contributed by atoms with Gasteiger partial charge in [-0.05, 0) is 43.2 Å². The number of amides is 1. The highest BCUT2D eigenvalue weighted by Gasteiger charge is 2.19. The van der Waals surface area contributed by atoms with Gasteiger partial charge in [0.1, 0.15) is 5.75 Å². The van der Waals surface area contributed by atoms with E-state index in [0.717, 1.165) is 11.3 Å². The van der Waals surface area contributed by atoms with E-state index in [1.54, 1.807) is 12.1 Å². The van der Waals surface area contributed by atoms with Crippen molar-refractivity contribution < 1.29 is 18.7 Å². The number of carbonyl (C=O) groups is 1. The number of hydrogen-bond donors (Lipinski definition) is 1. The van der Waals surface area contributed by atoms with Gasteiger partial charge in [0.25, 0.3) is 5.91 Å². The quantitative estimate of drug-likeness (QED) is 0.802. The van der Waals surface area contributed by atoms with Crippen LogP contribution in [0.3, 0.4) is 0 Å². The molecule has 2 rings (SSSR count). The van der Waals surface area contributed by atoms with Crippen molar-refractivity contribution in [1.29, 1.82) is 0 Å². The Labute approximate surface area is 141 Å². The lowest BCUT2D eigenvalue weighted by molar-refractivity contribution is -0.128. The topological polar surface area (TPSA) is 47.6 Å². The number of benzene rings is 2. The molecule has 2 aromatic rings. The van der Waals surface area contributed by atoms with Crippen molar-refractivity contribution in [3.63, 3.8) is 0 Å². The highest BCUT2D eigenvalue weighted by Crippen LogP contribution is 2.18. The second-order valence-electron chi connectivity index (χ2n) is 5.24. The molecule has 1 N–H and O–H groups in total. The van der Waals surface area contributed by atoms with Crippen LogP contribution in [0.2, 0.25) is 0 Å². The van der Waals surface area contributed by atoms with Gasteiger partial charge in [0, 0.05) is 6.54 Å². The zero-order chi connectivity index (χ0) is 17.4. The molecule has 1 atom stereocenters. The molecule has 24 heavy (non-hydrogen) atoms. The van der Waals surface area contributed by atoms with Crippen LogP contribution in [0.25, 0.3) is 0 Å². The lowest BCUT2D eigenvalue weighted by Gasteiger charge is -2.17. The number of rotatable bonds is 8. The van der Waals surface area contributed by atoms with Crippen LogP contribution in [0.4, 0.5) is 4.39 Å². The molecule has 5 heteroatoms. The van der Waals surface area contributed by atoms with Crippen LogP contribution >= 0.6 is 0 Å². The van der Waals surface area contributed by atoms with Gasteiger partial charge in [-0.2, -0.15) is 0 Å². The lowest BCUT2D eigenvalue weighted by Crippen LogP contribution is -2.37. The minimum absolute atomic E-state index is 0.0839. The summed E-state index contributed by atoms with van der Waals surface area (Å²) in [7, 11) is 0. The Bertz CT molecular complexity index is 658. The van der Waals surface area contributed by atoms with E-state index >= 15 is 0 Å². The maximum Gasteiger partial charge on any atom is 0.261 e. The first-order valence-electron chi connectivity index (χ1n) is 8.04. The SMILES string of the molecule is CCOc1ccc(CNC(=O)C(CC)Oc2ccccc2F)cc1. The second kappa shape index (κ2) is 8.91. The third kappa shape index (κ3) is 4.98. The van der Waals surface area contributed by atoms with Gasteiger partial charge in [0.05, 0.1) is 6.61 Å². The standard InChI is InChI=1S/C19H22FNO3/c1-3-17(24-18-8-6-5-7-16(18)20)19(22)21-13-14-9-11-15(12-10-14)23-4-2/h5-12,17H,3-4,13H2,1-2H3,(H,21,22). The van der Waals surface area contributed by atoms with Crippen molar-refractivity contribution in [2.24, 2.45) is 0 Å². The molecule has 1 amide bonds. The number of para-hydroxylation sites is 1. The summed E-state index contributed by atoms with van der Waals surface area (Å²) in [6, 6.07) is 13.6. The van der Waals surface area contributed by atoms with Crippen molar-refractivity contribution in [3.8, 4) is 11.5 Å². The fourth-order valence-corrected chi connectivity index (χ4v) is 2.19. The van der Waals surface area contributed by atoms with Gasteiger partial charge in [-0.25, -0.2) is 4.39 Å². The Morgan fingerprint density at radius 1 is 1.12 bits per heavy atom.